The van der Waals surface area contributed by atoms with Gasteiger partial charge < -0.3 is 15.0 Å². The molecular formula is C22H26F2N4O3. The normalized spacial score (nSPS) is 14.2. The summed E-state index contributed by atoms with van der Waals surface area (Å²) in [5.41, 5.74) is 3.25. The fourth-order valence-corrected chi connectivity index (χ4v) is 3.59. The molecule has 1 atom stereocenters. The number of nitrogens with one attached hydrogen (secondary N) is 1. The lowest BCUT2D eigenvalue weighted by Crippen LogP contribution is -2.32. The Bertz CT molecular complexity index is 981. The molecule has 1 unspecified atom stereocenters. The van der Waals surface area contributed by atoms with Crippen molar-refractivity contribution in [1.82, 2.24) is 20.2 Å². The van der Waals surface area contributed by atoms with E-state index in [-0.39, 0.29) is 36.2 Å². The van der Waals surface area contributed by atoms with Crippen molar-refractivity contribution in [3.63, 3.8) is 0 Å². The molecule has 31 heavy (non-hydrogen) atoms. The molecule has 0 aromatic carbocycles. The van der Waals surface area contributed by atoms with Gasteiger partial charge in [-0.25, -0.2) is 13.8 Å². The molecule has 1 aliphatic rings. The Kier molecular flexibility index (Phi) is 6.82. The van der Waals surface area contributed by atoms with Gasteiger partial charge in [-0.3, -0.25) is 14.6 Å². The van der Waals surface area contributed by atoms with Crippen LogP contribution in [0.25, 0.3) is 0 Å². The maximum Gasteiger partial charge on any atom is 0.272 e. The van der Waals surface area contributed by atoms with Gasteiger partial charge in [0.15, 0.2) is 6.61 Å². The van der Waals surface area contributed by atoms with Crippen LogP contribution in [-0.2, 0) is 17.8 Å². The average molecular weight is 432 g/mol. The van der Waals surface area contributed by atoms with Crippen LogP contribution in [0.2, 0.25) is 0 Å². The number of ether oxygens (including phenoxy) is 1. The van der Waals surface area contributed by atoms with E-state index in [0.29, 0.717) is 23.4 Å². The number of rotatable bonds is 8. The second kappa shape index (κ2) is 9.36. The minimum absolute atomic E-state index is 0.0193. The second-order valence-corrected chi connectivity index (χ2v) is 7.88. The van der Waals surface area contributed by atoms with E-state index in [1.54, 1.807) is 30.2 Å². The van der Waals surface area contributed by atoms with Crippen LogP contribution >= 0.6 is 0 Å². The van der Waals surface area contributed by atoms with E-state index >= 15 is 0 Å². The number of aromatic nitrogens is 2. The number of fused-ring (bicyclic) bond motifs is 1. The summed E-state index contributed by atoms with van der Waals surface area (Å²) in [7, 11) is 0. The highest BCUT2D eigenvalue weighted by molar-refractivity contribution is 5.99. The quantitative estimate of drug-likeness (QED) is 0.693. The molecule has 0 bridgehead atoms. The van der Waals surface area contributed by atoms with Gasteiger partial charge >= 0.3 is 0 Å². The molecule has 7 nitrogen and oxygen atoms in total. The van der Waals surface area contributed by atoms with Crippen LogP contribution in [0.4, 0.5) is 8.78 Å². The molecule has 2 aromatic heterocycles. The van der Waals surface area contributed by atoms with Crippen LogP contribution in [0, 0.1) is 6.92 Å². The molecule has 0 saturated heterocycles. The predicted octanol–water partition coefficient (Wildman–Crippen LogP) is 3.21. The first-order valence-corrected chi connectivity index (χ1v) is 10.1. The summed E-state index contributed by atoms with van der Waals surface area (Å²) < 4.78 is 29.8. The molecule has 0 spiro atoms. The highest BCUT2D eigenvalue weighted by atomic mass is 19.3. The SMILES string of the molecule is Cc1cc(C(C)N2Cc3c(ccnc3CC(=O)NC(C)C)C2=O)cnc1OCC(F)F. The fourth-order valence-electron chi connectivity index (χ4n) is 3.59. The van der Waals surface area contributed by atoms with E-state index in [1.807, 2.05) is 20.8 Å². The lowest BCUT2D eigenvalue weighted by Gasteiger charge is -2.25. The molecule has 0 radical (unpaired) electrons. The van der Waals surface area contributed by atoms with Crippen LogP contribution in [0.1, 0.15) is 59.6 Å². The third-order valence-electron chi connectivity index (χ3n) is 5.09. The molecule has 1 aliphatic heterocycles. The van der Waals surface area contributed by atoms with Crippen molar-refractivity contribution < 1.29 is 23.1 Å². The molecule has 3 heterocycles. The number of alkyl halides is 2. The van der Waals surface area contributed by atoms with E-state index < -0.39 is 13.0 Å². The Morgan fingerprint density at radius 1 is 1.29 bits per heavy atom. The van der Waals surface area contributed by atoms with Crippen molar-refractivity contribution in [3.8, 4) is 5.88 Å². The first kappa shape index (κ1) is 22.6. The number of hydrogen-bond acceptors (Lipinski definition) is 5. The Balaban J connectivity index is 1.78. The number of halogens is 2. The largest absolute Gasteiger partial charge is 0.471 e. The molecule has 0 fully saturated rings. The van der Waals surface area contributed by atoms with E-state index in [0.717, 1.165) is 11.1 Å². The van der Waals surface area contributed by atoms with Gasteiger partial charge in [-0.1, -0.05) is 0 Å². The molecule has 0 saturated carbocycles. The zero-order chi connectivity index (χ0) is 22.7. The van der Waals surface area contributed by atoms with Crippen molar-refractivity contribution >= 4 is 11.8 Å². The number of nitrogens with zero attached hydrogens (tertiary/aromatic N) is 3. The van der Waals surface area contributed by atoms with Crippen molar-refractivity contribution in [2.24, 2.45) is 0 Å². The van der Waals surface area contributed by atoms with Gasteiger partial charge in [-0.15, -0.1) is 0 Å². The molecule has 1 N–H and O–H groups in total. The molecule has 9 heteroatoms. The third kappa shape index (κ3) is 5.15. The number of carbonyl (C=O) groups excluding carboxylic acids is 2. The van der Waals surface area contributed by atoms with Crippen LogP contribution in [-0.4, -0.2) is 45.8 Å². The zero-order valence-corrected chi connectivity index (χ0v) is 18.0. The molecular weight excluding hydrogens is 406 g/mol. The molecule has 2 amide bonds. The summed E-state index contributed by atoms with van der Waals surface area (Å²) in [6.45, 7) is 6.97. The maximum absolute atomic E-state index is 13.0. The van der Waals surface area contributed by atoms with Crippen molar-refractivity contribution in [2.75, 3.05) is 6.61 Å². The Morgan fingerprint density at radius 2 is 2.03 bits per heavy atom. The van der Waals surface area contributed by atoms with Gasteiger partial charge in [-0.05, 0) is 45.4 Å². The Labute approximate surface area is 179 Å². The van der Waals surface area contributed by atoms with Crippen LogP contribution < -0.4 is 10.1 Å². The Hall–Kier alpha value is -3.10. The number of pyridine rings is 2. The summed E-state index contributed by atoms with van der Waals surface area (Å²) in [5, 5.41) is 2.84. The van der Waals surface area contributed by atoms with Gasteiger partial charge in [0.05, 0.1) is 18.2 Å². The first-order valence-electron chi connectivity index (χ1n) is 10.1. The molecule has 166 valence electrons. The summed E-state index contributed by atoms with van der Waals surface area (Å²) in [5.74, 6) is -0.143. The third-order valence-corrected chi connectivity index (χ3v) is 5.09. The van der Waals surface area contributed by atoms with Crippen LogP contribution in [0.15, 0.2) is 24.5 Å². The zero-order valence-electron chi connectivity index (χ0n) is 18.0. The van der Waals surface area contributed by atoms with E-state index in [9.17, 15) is 18.4 Å². The molecule has 2 aromatic rings. The summed E-state index contributed by atoms with van der Waals surface area (Å²) in [6, 6.07) is 3.15. The fraction of sp³-hybridized carbons (Fsp3) is 0.455. The number of aryl methyl sites for hydroxylation is 1. The summed E-state index contributed by atoms with van der Waals surface area (Å²) in [4.78, 5) is 35.4. The number of hydrogen-bond donors (Lipinski definition) is 1. The maximum atomic E-state index is 13.0. The minimum Gasteiger partial charge on any atom is -0.471 e. The van der Waals surface area contributed by atoms with E-state index in [2.05, 4.69) is 15.3 Å². The van der Waals surface area contributed by atoms with Gasteiger partial charge in [0.2, 0.25) is 11.8 Å². The number of amides is 2. The molecule has 0 aliphatic carbocycles. The number of carbonyl (C=O) groups is 2. The smallest absolute Gasteiger partial charge is 0.272 e. The highest BCUT2D eigenvalue weighted by Gasteiger charge is 2.34. The minimum atomic E-state index is -2.58. The van der Waals surface area contributed by atoms with Crippen LogP contribution in [0.5, 0.6) is 5.88 Å². The highest BCUT2D eigenvalue weighted by Crippen LogP contribution is 2.33. The molecule has 3 rings (SSSR count). The van der Waals surface area contributed by atoms with E-state index in [4.69, 9.17) is 4.74 Å². The van der Waals surface area contributed by atoms with Crippen molar-refractivity contribution in [3.05, 3.63) is 52.5 Å². The Morgan fingerprint density at radius 3 is 2.68 bits per heavy atom. The topological polar surface area (TPSA) is 84.4 Å². The first-order chi connectivity index (χ1) is 14.7. The summed E-state index contributed by atoms with van der Waals surface area (Å²) >= 11 is 0. The summed E-state index contributed by atoms with van der Waals surface area (Å²) in [6.07, 6.45) is 0.604. The van der Waals surface area contributed by atoms with Crippen molar-refractivity contribution in [1.29, 1.82) is 0 Å². The van der Waals surface area contributed by atoms with Gasteiger partial charge in [0.25, 0.3) is 12.3 Å². The van der Waals surface area contributed by atoms with Gasteiger partial charge in [0, 0.05) is 41.7 Å². The monoisotopic (exact) mass is 432 g/mol. The van der Waals surface area contributed by atoms with Crippen molar-refractivity contribution in [2.45, 2.75) is 59.2 Å². The van der Waals surface area contributed by atoms with Gasteiger partial charge in [0.1, 0.15) is 0 Å². The van der Waals surface area contributed by atoms with E-state index in [1.165, 1.54) is 6.20 Å². The van der Waals surface area contributed by atoms with Crippen LogP contribution in [0.3, 0.4) is 0 Å². The standard InChI is InChI=1S/C22H26F2N4O3/c1-12(2)27-20(29)8-18-17-10-28(22(30)16(17)5-6-25-18)14(4)15-7-13(3)21(26-9-15)31-11-19(23)24/h5-7,9,12,14,19H,8,10-11H2,1-4H3,(H,27,29). The lowest BCUT2D eigenvalue weighted by atomic mass is 10.1. The average Bonchev–Trinajstić information content (AvgIpc) is 3.03. The lowest BCUT2D eigenvalue weighted by molar-refractivity contribution is -0.121. The predicted molar refractivity (Wildman–Crippen MR) is 110 cm³/mol. The van der Waals surface area contributed by atoms with Gasteiger partial charge in [-0.2, -0.15) is 0 Å². The second-order valence-electron chi connectivity index (χ2n) is 7.88.